The molecule has 2 rings (SSSR count). The molecule has 104 valence electrons. The molecular weight excluding hydrogens is 242 g/mol. The van der Waals surface area contributed by atoms with Crippen LogP contribution in [-0.4, -0.2) is 35.2 Å². The highest BCUT2D eigenvalue weighted by molar-refractivity contribution is 5.71. The lowest BCUT2D eigenvalue weighted by Crippen LogP contribution is -2.32. The van der Waals surface area contributed by atoms with Crippen molar-refractivity contribution in [2.75, 3.05) is 13.2 Å². The van der Waals surface area contributed by atoms with Crippen LogP contribution in [0.5, 0.6) is 0 Å². The standard InChI is InChI=1S/C15H21NO3/c1-2-19-15(18)10-16(14-7-8-14)9-12-3-5-13(11-17)6-4-12/h3-6,14,17H,2,7-11H2,1H3. The Bertz CT molecular complexity index is 412. The second kappa shape index (κ2) is 6.68. The summed E-state index contributed by atoms with van der Waals surface area (Å²) in [6.45, 7) is 3.44. The van der Waals surface area contributed by atoms with Crippen LogP contribution >= 0.6 is 0 Å². The van der Waals surface area contributed by atoms with Crippen LogP contribution in [-0.2, 0) is 22.7 Å². The number of esters is 1. The molecule has 0 aliphatic heterocycles. The normalized spacial score (nSPS) is 14.7. The Morgan fingerprint density at radius 2 is 1.95 bits per heavy atom. The lowest BCUT2D eigenvalue weighted by molar-refractivity contribution is -0.144. The van der Waals surface area contributed by atoms with Crippen molar-refractivity contribution >= 4 is 5.97 Å². The van der Waals surface area contributed by atoms with E-state index >= 15 is 0 Å². The molecule has 1 fully saturated rings. The highest BCUT2D eigenvalue weighted by atomic mass is 16.5. The molecule has 1 aliphatic rings. The summed E-state index contributed by atoms with van der Waals surface area (Å²) < 4.78 is 5.01. The summed E-state index contributed by atoms with van der Waals surface area (Å²) in [7, 11) is 0. The number of nitrogens with zero attached hydrogens (tertiary/aromatic N) is 1. The van der Waals surface area contributed by atoms with Gasteiger partial charge in [-0.15, -0.1) is 0 Å². The average molecular weight is 263 g/mol. The Labute approximate surface area is 114 Å². The van der Waals surface area contributed by atoms with E-state index in [1.807, 2.05) is 31.2 Å². The zero-order valence-corrected chi connectivity index (χ0v) is 11.3. The van der Waals surface area contributed by atoms with Crippen molar-refractivity contribution < 1.29 is 14.6 Å². The fourth-order valence-electron chi connectivity index (χ4n) is 2.11. The summed E-state index contributed by atoms with van der Waals surface area (Å²) >= 11 is 0. The maximum absolute atomic E-state index is 11.6. The summed E-state index contributed by atoms with van der Waals surface area (Å²) in [6.07, 6.45) is 2.32. The monoisotopic (exact) mass is 263 g/mol. The van der Waals surface area contributed by atoms with Crippen molar-refractivity contribution in [3.63, 3.8) is 0 Å². The molecule has 1 saturated carbocycles. The highest BCUT2D eigenvalue weighted by Crippen LogP contribution is 2.28. The molecule has 0 unspecified atom stereocenters. The van der Waals surface area contributed by atoms with Gasteiger partial charge < -0.3 is 9.84 Å². The molecule has 0 radical (unpaired) electrons. The first kappa shape index (κ1) is 14.0. The molecule has 19 heavy (non-hydrogen) atoms. The predicted molar refractivity (Wildman–Crippen MR) is 72.4 cm³/mol. The SMILES string of the molecule is CCOC(=O)CN(Cc1ccc(CO)cc1)C1CC1. The van der Waals surface area contributed by atoms with E-state index in [0.717, 1.165) is 30.5 Å². The van der Waals surface area contributed by atoms with Gasteiger partial charge in [0.2, 0.25) is 0 Å². The van der Waals surface area contributed by atoms with Gasteiger partial charge >= 0.3 is 5.97 Å². The number of hydrogen-bond donors (Lipinski definition) is 1. The minimum absolute atomic E-state index is 0.0649. The van der Waals surface area contributed by atoms with E-state index in [9.17, 15) is 4.79 Å². The number of rotatable bonds is 7. The van der Waals surface area contributed by atoms with E-state index in [-0.39, 0.29) is 12.6 Å². The Morgan fingerprint density at radius 3 is 2.47 bits per heavy atom. The molecule has 1 N–H and O–H groups in total. The van der Waals surface area contributed by atoms with Crippen LogP contribution in [0.1, 0.15) is 30.9 Å². The summed E-state index contributed by atoms with van der Waals surface area (Å²) in [5, 5.41) is 9.02. The number of aliphatic hydroxyl groups excluding tert-OH is 1. The van der Waals surface area contributed by atoms with Gasteiger partial charge in [0.25, 0.3) is 0 Å². The van der Waals surface area contributed by atoms with Gasteiger partial charge in [0.05, 0.1) is 19.8 Å². The second-order valence-electron chi connectivity index (χ2n) is 4.92. The van der Waals surface area contributed by atoms with Gasteiger partial charge in [0.15, 0.2) is 0 Å². The van der Waals surface area contributed by atoms with Crippen LogP contribution in [0.4, 0.5) is 0 Å². The highest BCUT2D eigenvalue weighted by Gasteiger charge is 2.30. The quantitative estimate of drug-likeness (QED) is 0.761. The minimum atomic E-state index is -0.152. The van der Waals surface area contributed by atoms with E-state index in [4.69, 9.17) is 9.84 Å². The van der Waals surface area contributed by atoms with Gasteiger partial charge in [-0.1, -0.05) is 24.3 Å². The third kappa shape index (κ3) is 4.33. The number of benzene rings is 1. The average Bonchev–Trinajstić information content (AvgIpc) is 3.23. The van der Waals surface area contributed by atoms with E-state index in [1.165, 1.54) is 0 Å². The molecule has 0 amide bonds. The van der Waals surface area contributed by atoms with Crippen LogP contribution in [0, 0.1) is 0 Å². The van der Waals surface area contributed by atoms with Gasteiger partial charge in [0.1, 0.15) is 0 Å². The van der Waals surface area contributed by atoms with Crippen molar-refractivity contribution in [3.8, 4) is 0 Å². The molecule has 4 heteroatoms. The third-order valence-electron chi connectivity index (χ3n) is 3.29. The molecule has 1 aromatic rings. The number of carbonyl (C=O) groups is 1. The summed E-state index contributed by atoms with van der Waals surface area (Å²) in [4.78, 5) is 13.8. The molecule has 4 nitrogen and oxygen atoms in total. The van der Waals surface area contributed by atoms with Crippen LogP contribution in [0.3, 0.4) is 0 Å². The third-order valence-corrected chi connectivity index (χ3v) is 3.29. The van der Waals surface area contributed by atoms with Gasteiger partial charge in [-0.2, -0.15) is 0 Å². The Kier molecular flexibility index (Phi) is 4.93. The summed E-state index contributed by atoms with van der Waals surface area (Å²) in [5.41, 5.74) is 2.07. The van der Waals surface area contributed by atoms with Crippen molar-refractivity contribution in [3.05, 3.63) is 35.4 Å². The van der Waals surface area contributed by atoms with Gasteiger partial charge in [-0.3, -0.25) is 9.69 Å². The molecule has 0 aromatic heterocycles. The molecule has 1 aliphatic carbocycles. The van der Waals surface area contributed by atoms with Crippen molar-refractivity contribution in [1.29, 1.82) is 0 Å². The molecule has 0 bridgehead atoms. The smallest absolute Gasteiger partial charge is 0.320 e. The van der Waals surface area contributed by atoms with Crippen LogP contribution in [0.15, 0.2) is 24.3 Å². The van der Waals surface area contributed by atoms with Crippen LogP contribution < -0.4 is 0 Å². The summed E-state index contributed by atoms with van der Waals surface area (Å²) in [5.74, 6) is -0.152. The Morgan fingerprint density at radius 1 is 1.32 bits per heavy atom. The number of ether oxygens (including phenoxy) is 1. The first-order valence-corrected chi connectivity index (χ1v) is 6.81. The van der Waals surface area contributed by atoms with Crippen molar-refractivity contribution in [2.24, 2.45) is 0 Å². The number of hydrogen-bond acceptors (Lipinski definition) is 4. The lowest BCUT2D eigenvalue weighted by atomic mass is 10.1. The van der Waals surface area contributed by atoms with E-state index < -0.39 is 0 Å². The Hall–Kier alpha value is -1.39. The first-order chi connectivity index (χ1) is 9.22. The predicted octanol–water partition coefficient (Wildman–Crippen LogP) is 1.71. The second-order valence-corrected chi connectivity index (χ2v) is 4.92. The van der Waals surface area contributed by atoms with Crippen molar-refractivity contribution in [2.45, 2.75) is 39.0 Å². The number of carbonyl (C=O) groups excluding carboxylic acids is 1. The molecule has 0 atom stereocenters. The zero-order valence-electron chi connectivity index (χ0n) is 11.3. The van der Waals surface area contributed by atoms with Gasteiger partial charge in [-0.25, -0.2) is 0 Å². The molecule has 1 aromatic carbocycles. The topological polar surface area (TPSA) is 49.8 Å². The fraction of sp³-hybridized carbons (Fsp3) is 0.533. The molecular formula is C15H21NO3. The molecule has 0 heterocycles. The van der Waals surface area contributed by atoms with E-state index in [0.29, 0.717) is 19.2 Å². The molecule has 0 saturated heterocycles. The van der Waals surface area contributed by atoms with Gasteiger partial charge in [-0.05, 0) is 30.9 Å². The maximum Gasteiger partial charge on any atom is 0.320 e. The Balaban J connectivity index is 1.93. The van der Waals surface area contributed by atoms with E-state index in [2.05, 4.69) is 4.90 Å². The van der Waals surface area contributed by atoms with Crippen molar-refractivity contribution in [1.82, 2.24) is 4.90 Å². The number of aliphatic hydroxyl groups is 1. The zero-order chi connectivity index (χ0) is 13.7. The maximum atomic E-state index is 11.6. The lowest BCUT2D eigenvalue weighted by Gasteiger charge is -2.21. The first-order valence-electron chi connectivity index (χ1n) is 6.81. The fourth-order valence-corrected chi connectivity index (χ4v) is 2.11. The van der Waals surface area contributed by atoms with E-state index in [1.54, 1.807) is 0 Å². The van der Waals surface area contributed by atoms with Gasteiger partial charge in [0, 0.05) is 12.6 Å². The minimum Gasteiger partial charge on any atom is -0.465 e. The molecule has 0 spiro atoms. The van der Waals surface area contributed by atoms with Crippen LogP contribution in [0.2, 0.25) is 0 Å². The van der Waals surface area contributed by atoms with Crippen LogP contribution in [0.25, 0.3) is 0 Å². The summed E-state index contributed by atoms with van der Waals surface area (Å²) in [6, 6.07) is 8.37. The largest absolute Gasteiger partial charge is 0.465 e.